The van der Waals surface area contributed by atoms with Crippen LogP contribution in [0.2, 0.25) is 0 Å². The van der Waals surface area contributed by atoms with E-state index >= 15 is 0 Å². The van der Waals surface area contributed by atoms with Gasteiger partial charge < -0.3 is 15.0 Å². The van der Waals surface area contributed by atoms with Gasteiger partial charge >= 0.3 is 0 Å². The number of nitrogens with zero attached hydrogens (tertiary/aromatic N) is 1. The Kier molecular flexibility index (Phi) is 5.43. The van der Waals surface area contributed by atoms with Crippen LogP contribution in [-0.2, 0) is 4.79 Å². The molecule has 152 valence electrons. The van der Waals surface area contributed by atoms with Crippen molar-refractivity contribution in [3.63, 3.8) is 0 Å². The van der Waals surface area contributed by atoms with Crippen LogP contribution in [0.4, 0.5) is 14.5 Å². The van der Waals surface area contributed by atoms with Crippen molar-refractivity contribution in [1.29, 1.82) is 0 Å². The quantitative estimate of drug-likeness (QED) is 0.678. The van der Waals surface area contributed by atoms with Crippen molar-refractivity contribution in [3.8, 4) is 11.5 Å². The third-order valence-corrected chi connectivity index (χ3v) is 4.82. The second kappa shape index (κ2) is 8.32. The Bertz CT molecular complexity index is 1080. The summed E-state index contributed by atoms with van der Waals surface area (Å²) < 4.78 is 32.2. The van der Waals surface area contributed by atoms with E-state index in [0.717, 1.165) is 12.1 Å². The van der Waals surface area contributed by atoms with Gasteiger partial charge in [0.15, 0.2) is 17.4 Å². The van der Waals surface area contributed by atoms with Crippen molar-refractivity contribution in [2.45, 2.75) is 0 Å². The van der Waals surface area contributed by atoms with Gasteiger partial charge in [-0.05, 0) is 42.5 Å². The highest BCUT2D eigenvalue weighted by molar-refractivity contribution is 5.99. The SMILES string of the molecule is O=C(Nc1ccccc1Oc1ccccc1)C1CN(C(=O)c2ccc(F)c(F)c2)C1. The Hall–Kier alpha value is -3.74. The summed E-state index contributed by atoms with van der Waals surface area (Å²) in [6.07, 6.45) is 0. The highest BCUT2D eigenvalue weighted by atomic mass is 19.2. The van der Waals surface area contributed by atoms with E-state index < -0.39 is 23.5 Å². The molecule has 1 aliphatic rings. The maximum absolute atomic E-state index is 13.3. The molecule has 0 spiro atoms. The molecule has 4 rings (SSSR count). The molecule has 1 saturated heterocycles. The average Bonchev–Trinajstić information content (AvgIpc) is 2.71. The Morgan fingerprint density at radius 2 is 1.60 bits per heavy atom. The maximum atomic E-state index is 13.3. The number of hydrogen-bond acceptors (Lipinski definition) is 3. The van der Waals surface area contributed by atoms with Crippen molar-refractivity contribution in [1.82, 2.24) is 4.90 Å². The van der Waals surface area contributed by atoms with E-state index in [-0.39, 0.29) is 24.6 Å². The number of carbonyl (C=O) groups is 2. The van der Waals surface area contributed by atoms with Gasteiger partial charge in [-0.3, -0.25) is 9.59 Å². The zero-order valence-electron chi connectivity index (χ0n) is 15.8. The van der Waals surface area contributed by atoms with E-state index in [0.29, 0.717) is 17.2 Å². The minimum absolute atomic E-state index is 0.0503. The molecule has 0 aromatic heterocycles. The van der Waals surface area contributed by atoms with Gasteiger partial charge in [0.1, 0.15) is 5.75 Å². The van der Waals surface area contributed by atoms with Crippen LogP contribution in [-0.4, -0.2) is 29.8 Å². The number of nitrogens with one attached hydrogen (secondary N) is 1. The standard InChI is InChI=1S/C23H18F2N2O3/c24-18-11-10-15(12-19(18)25)23(29)27-13-16(14-27)22(28)26-20-8-4-5-9-21(20)30-17-6-2-1-3-7-17/h1-12,16H,13-14H2,(H,26,28). The van der Waals surface area contributed by atoms with E-state index in [1.54, 1.807) is 24.3 Å². The third-order valence-electron chi connectivity index (χ3n) is 4.82. The maximum Gasteiger partial charge on any atom is 0.254 e. The lowest BCUT2D eigenvalue weighted by atomic mass is 9.97. The number of anilines is 1. The summed E-state index contributed by atoms with van der Waals surface area (Å²) in [7, 11) is 0. The molecular formula is C23H18F2N2O3. The van der Waals surface area contributed by atoms with Gasteiger partial charge in [0, 0.05) is 18.7 Å². The molecule has 0 atom stereocenters. The molecule has 3 aromatic rings. The molecule has 0 aliphatic carbocycles. The smallest absolute Gasteiger partial charge is 0.254 e. The number of carbonyl (C=O) groups excluding carboxylic acids is 2. The largest absolute Gasteiger partial charge is 0.455 e. The lowest BCUT2D eigenvalue weighted by Crippen LogP contribution is -2.54. The molecule has 0 radical (unpaired) electrons. The summed E-state index contributed by atoms with van der Waals surface area (Å²) in [4.78, 5) is 26.4. The Labute approximate surface area is 171 Å². The minimum atomic E-state index is -1.08. The molecule has 0 saturated carbocycles. The Morgan fingerprint density at radius 3 is 2.33 bits per heavy atom. The van der Waals surface area contributed by atoms with Crippen molar-refractivity contribution in [3.05, 3.63) is 90.0 Å². The fraction of sp³-hybridized carbons (Fsp3) is 0.130. The lowest BCUT2D eigenvalue weighted by molar-refractivity contribution is -0.123. The van der Waals surface area contributed by atoms with E-state index in [2.05, 4.69) is 5.32 Å². The normalized spacial score (nSPS) is 13.5. The summed E-state index contributed by atoms with van der Waals surface area (Å²) in [5.74, 6) is -2.02. The van der Waals surface area contributed by atoms with Gasteiger partial charge in [0.25, 0.3) is 5.91 Å². The number of benzene rings is 3. The van der Waals surface area contributed by atoms with Gasteiger partial charge in [0.05, 0.1) is 11.6 Å². The number of likely N-dealkylation sites (tertiary alicyclic amines) is 1. The number of amides is 2. The summed E-state index contributed by atoms with van der Waals surface area (Å²) in [6.45, 7) is 0.400. The van der Waals surface area contributed by atoms with Gasteiger partial charge in [-0.2, -0.15) is 0 Å². The molecule has 7 heteroatoms. The van der Waals surface area contributed by atoms with Crippen LogP contribution in [0.25, 0.3) is 0 Å². The summed E-state index contributed by atoms with van der Waals surface area (Å²) in [5, 5.41) is 2.84. The van der Waals surface area contributed by atoms with E-state index in [9.17, 15) is 18.4 Å². The second-order valence-corrected chi connectivity index (χ2v) is 6.94. The van der Waals surface area contributed by atoms with E-state index in [4.69, 9.17) is 4.74 Å². The first kappa shape index (κ1) is 19.6. The highest BCUT2D eigenvalue weighted by Gasteiger charge is 2.36. The van der Waals surface area contributed by atoms with E-state index in [1.165, 1.54) is 11.0 Å². The van der Waals surface area contributed by atoms with Crippen LogP contribution in [0.5, 0.6) is 11.5 Å². The van der Waals surface area contributed by atoms with Crippen LogP contribution in [0.1, 0.15) is 10.4 Å². The average molecular weight is 408 g/mol. The Morgan fingerprint density at radius 1 is 0.900 bits per heavy atom. The highest BCUT2D eigenvalue weighted by Crippen LogP contribution is 2.30. The van der Waals surface area contributed by atoms with Crippen LogP contribution in [0.3, 0.4) is 0 Å². The lowest BCUT2D eigenvalue weighted by Gasteiger charge is -2.38. The second-order valence-electron chi connectivity index (χ2n) is 6.94. The minimum Gasteiger partial charge on any atom is -0.455 e. The molecule has 0 unspecified atom stereocenters. The number of para-hydroxylation sites is 3. The molecule has 3 aromatic carbocycles. The van der Waals surface area contributed by atoms with Crippen molar-refractivity contribution in [2.75, 3.05) is 18.4 Å². The summed E-state index contributed by atoms with van der Waals surface area (Å²) in [6, 6.07) is 19.3. The first-order valence-corrected chi connectivity index (χ1v) is 9.38. The van der Waals surface area contributed by atoms with Gasteiger partial charge in [-0.25, -0.2) is 8.78 Å². The first-order valence-electron chi connectivity index (χ1n) is 9.38. The van der Waals surface area contributed by atoms with E-state index in [1.807, 2.05) is 30.3 Å². The zero-order valence-corrected chi connectivity index (χ0v) is 15.8. The summed E-state index contributed by atoms with van der Waals surface area (Å²) in [5.41, 5.74) is 0.575. The monoisotopic (exact) mass is 408 g/mol. The molecule has 1 heterocycles. The number of hydrogen-bond donors (Lipinski definition) is 1. The summed E-state index contributed by atoms with van der Waals surface area (Å²) >= 11 is 0. The molecule has 0 bridgehead atoms. The number of halogens is 2. The molecule has 1 fully saturated rings. The molecule has 5 nitrogen and oxygen atoms in total. The fourth-order valence-corrected chi connectivity index (χ4v) is 3.13. The van der Waals surface area contributed by atoms with Gasteiger partial charge in [-0.1, -0.05) is 30.3 Å². The molecule has 1 aliphatic heterocycles. The van der Waals surface area contributed by atoms with Gasteiger partial charge in [0.2, 0.25) is 5.91 Å². The van der Waals surface area contributed by atoms with Crippen LogP contribution in [0, 0.1) is 17.6 Å². The predicted molar refractivity (Wildman–Crippen MR) is 107 cm³/mol. The molecule has 30 heavy (non-hydrogen) atoms. The van der Waals surface area contributed by atoms with Gasteiger partial charge in [-0.15, -0.1) is 0 Å². The van der Waals surface area contributed by atoms with Crippen LogP contribution in [0.15, 0.2) is 72.8 Å². The zero-order chi connectivity index (χ0) is 21.1. The topological polar surface area (TPSA) is 58.6 Å². The molecule has 1 N–H and O–H groups in total. The van der Waals surface area contributed by atoms with Crippen molar-refractivity contribution >= 4 is 17.5 Å². The molecular weight excluding hydrogens is 390 g/mol. The van der Waals surface area contributed by atoms with Crippen LogP contribution < -0.4 is 10.1 Å². The van der Waals surface area contributed by atoms with Crippen molar-refractivity contribution < 1.29 is 23.1 Å². The number of ether oxygens (including phenoxy) is 1. The number of rotatable bonds is 5. The van der Waals surface area contributed by atoms with Crippen molar-refractivity contribution in [2.24, 2.45) is 5.92 Å². The first-order chi connectivity index (χ1) is 14.5. The molecule has 2 amide bonds. The van der Waals surface area contributed by atoms with Crippen LogP contribution >= 0.6 is 0 Å². The third kappa shape index (κ3) is 4.15. The fourth-order valence-electron chi connectivity index (χ4n) is 3.13. The predicted octanol–water partition coefficient (Wildman–Crippen LogP) is 4.47. The Balaban J connectivity index is 1.37.